The maximum atomic E-state index is 13.3. The quantitative estimate of drug-likeness (QED) is 0.631. The van der Waals surface area contributed by atoms with Crippen LogP contribution in [0, 0.1) is 11.6 Å². The molecule has 0 saturated carbocycles. The smallest absolute Gasteiger partial charge is 0.350 e. The molecule has 26 heavy (non-hydrogen) atoms. The number of ether oxygens (including phenoxy) is 1. The molecular formula is C18H12ClF2NO3S. The van der Waals surface area contributed by atoms with Crippen LogP contribution in [0.25, 0.3) is 10.1 Å². The van der Waals surface area contributed by atoms with Gasteiger partial charge >= 0.3 is 5.97 Å². The van der Waals surface area contributed by atoms with E-state index in [1.54, 1.807) is 0 Å². The molecule has 0 aliphatic carbocycles. The highest BCUT2D eigenvalue weighted by atomic mass is 35.5. The van der Waals surface area contributed by atoms with E-state index in [-0.39, 0.29) is 9.90 Å². The largest absolute Gasteiger partial charge is 0.448 e. The highest BCUT2D eigenvalue weighted by Crippen LogP contribution is 2.36. The highest BCUT2D eigenvalue weighted by molar-refractivity contribution is 7.21. The van der Waals surface area contributed by atoms with E-state index in [2.05, 4.69) is 5.32 Å². The van der Waals surface area contributed by atoms with Gasteiger partial charge in [-0.2, -0.15) is 0 Å². The van der Waals surface area contributed by atoms with Crippen molar-refractivity contribution in [1.82, 2.24) is 0 Å². The predicted octanol–water partition coefficient (Wildman–Crippen LogP) is 5.02. The predicted molar refractivity (Wildman–Crippen MR) is 96.7 cm³/mol. The number of carbonyl (C=O) groups is 2. The van der Waals surface area contributed by atoms with Gasteiger partial charge in [0.05, 0.1) is 5.02 Å². The molecule has 0 radical (unpaired) electrons. The van der Waals surface area contributed by atoms with Gasteiger partial charge in [-0.15, -0.1) is 11.3 Å². The lowest BCUT2D eigenvalue weighted by Gasteiger charge is -2.13. The van der Waals surface area contributed by atoms with Crippen molar-refractivity contribution in [2.45, 2.75) is 13.0 Å². The van der Waals surface area contributed by atoms with Crippen LogP contribution in [0.15, 0.2) is 42.5 Å². The van der Waals surface area contributed by atoms with Crippen LogP contribution < -0.4 is 5.32 Å². The minimum absolute atomic E-state index is 0.0914. The molecule has 0 aliphatic rings. The van der Waals surface area contributed by atoms with Crippen LogP contribution in [-0.4, -0.2) is 18.0 Å². The van der Waals surface area contributed by atoms with E-state index in [0.717, 1.165) is 11.3 Å². The Balaban J connectivity index is 1.71. The molecule has 134 valence electrons. The topological polar surface area (TPSA) is 55.4 Å². The molecule has 3 aromatic rings. The van der Waals surface area contributed by atoms with Crippen LogP contribution in [0.5, 0.6) is 0 Å². The molecule has 1 atom stereocenters. The molecular weight excluding hydrogens is 384 g/mol. The summed E-state index contributed by atoms with van der Waals surface area (Å²) in [6, 6.07) is 9.16. The number of esters is 1. The Bertz CT molecular complexity index is 988. The average molecular weight is 396 g/mol. The van der Waals surface area contributed by atoms with Crippen molar-refractivity contribution in [1.29, 1.82) is 0 Å². The van der Waals surface area contributed by atoms with Crippen molar-refractivity contribution in [3.63, 3.8) is 0 Å². The Morgan fingerprint density at radius 3 is 2.46 bits per heavy atom. The van der Waals surface area contributed by atoms with Crippen LogP contribution >= 0.6 is 22.9 Å². The first kappa shape index (κ1) is 18.3. The molecule has 1 heterocycles. The number of nitrogens with one attached hydrogen (secondary N) is 1. The number of thiophene rings is 1. The molecule has 1 aromatic heterocycles. The van der Waals surface area contributed by atoms with Crippen molar-refractivity contribution >= 4 is 50.6 Å². The van der Waals surface area contributed by atoms with Gasteiger partial charge in [0, 0.05) is 15.8 Å². The van der Waals surface area contributed by atoms with Gasteiger partial charge in [-0.3, -0.25) is 4.79 Å². The second-order valence-electron chi connectivity index (χ2n) is 5.43. The first-order valence-corrected chi connectivity index (χ1v) is 8.69. The molecule has 1 N–H and O–H groups in total. The molecule has 4 nitrogen and oxygen atoms in total. The van der Waals surface area contributed by atoms with E-state index < -0.39 is 29.6 Å². The van der Waals surface area contributed by atoms with Crippen molar-refractivity contribution in [2.75, 3.05) is 5.32 Å². The van der Waals surface area contributed by atoms with Crippen molar-refractivity contribution < 1.29 is 23.1 Å². The van der Waals surface area contributed by atoms with E-state index in [1.807, 2.05) is 0 Å². The Morgan fingerprint density at radius 2 is 1.77 bits per heavy atom. The summed E-state index contributed by atoms with van der Waals surface area (Å²) < 4.78 is 31.8. The lowest BCUT2D eigenvalue weighted by Crippen LogP contribution is -2.29. The van der Waals surface area contributed by atoms with Crippen molar-refractivity contribution in [3.05, 3.63) is 64.0 Å². The molecule has 0 bridgehead atoms. The SMILES string of the molecule is C[C@@H](OC(=O)c1sc2cc(F)ccc2c1Cl)C(=O)Nc1ccc(F)cc1. The molecule has 0 saturated heterocycles. The minimum atomic E-state index is -1.11. The van der Waals surface area contributed by atoms with Crippen molar-refractivity contribution in [2.24, 2.45) is 0 Å². The molecule has 3 rings (SSSR count). The van der Waals surface area contributed by atoms with Crippen LogP contribution in [0.2, 0.25) is 5.02 Å². The van der Waals surface area contributed by atoms with Gasteiger partial charge in [-0.1, -0.05) is 11.6 Å². The van der Waals surface area contributed by atoms with Gasteiger partial charge < -0.3 is 10.1 Å². The first-order valence-electron chi connectivity index (χ1n) is 7.50. The van der Waals surface area contributed by atoms with E-state index in [0.29, 0.717) is 15.8 Å². The van der Waals surface area contributed by atoms with Gasteiger partial charge in [0.2, 0.25) is 0 Å². The van der Waals surface area contributed by atoms with Crippen LogP contribution in [-0.2, 0) is 9.53 Å². The maximum absolute atomic E-state index is 13.3. The van der Waals surface area contributed by atoms with Crippen LogP contribution in [0.1, 0.15) is 16.6 Å². The maximum Gasteiger partial charge on any atom is 0.350 e. The van der Waals surface area contributed by atoms with E-state index >= 15 is 0 Å². The number of hydrogen-bond acceptors (Lipinski definition) is 4. The normalized spacial score (nSPS) is 12.0. The summed E-state index contributed by atoms with van der Waals surface area (Å²) in [5.41, 5.74) is 0.370. The van der Waals surface area contributed by atoms with Gasteiger partial charge in [0.25, 0.3) is 5.91 Å². The first-order chi connectivity index (χ1) is 12.3. The van der Waals surface area contributed by atoms with Gasteiger partial charge in [-0.25, -0.2) is 13.6 Å². The third-order valence-corrected chi connectivity index (χ3v) is 5.18. The summed E-state index contributed by atoms with van der Waals surface area (Å²) in [6.45, 7) is 1.40. The number of halogens is 3. The number of benzene rings is 2. The molecule has 0 spiro atoms. The summed E-state index contributed by atoms with van der Waals surface area (Å²) in [5, 5.41) is 3.20. The molecule has 2 aromatic carbocycles. The summed E-state index contributed by atoms with van der Waals surface area (Å²) in [6.07, 6.45) is -1.11. The van der Waals surface area contributed by atoms with Crippen LogP contribution in [0.4, 0.5) is 14.5 Å². The second kappa shape index (κ2) is 7.39. The monoisotopic (exact) mass is 395 g/mol. The van der Waals surface area contributed by atoms with Gasteiger partial charge in [0.1, 0.15) is 16.5 Å². The van der Waals surface area contributed by atoms with E-state index in [1.165, 1.54) is 49.4 Å². The van der Waals surface area contributed by atoms with Crippen molar-refractivity contribution in [3.8, 4) is 0 Å². The summed E-state index contributed by atoms with van der Waals surface area (Å²) >= 11 is 7.15. The van der Waals surface area contributed by atoms with E-state index in [9.17, 15) is 18.4 Å². The average Bonchev–Trinajstić information content (AvgIpc) is 2.93. The Hall–Kier alpha value is -2.51. The molecule has 0 fully saturated rings. The zero-order chi connectivity index (χ0) is 18.8. The number of fused-ring (bicyclic) bond motifs is 1. The van der Waals surface area contributed by atoms with E-state index in [4.69, 9.17) is 16.3 Å². The minimum Gasteiger partial charge on any atom is -0.448 e. The zero-order valence-corrected chi connectivity index (χ0v) is 15.0. The Labute approximate surface area is 156 Å². The molecule has 1 amide bonds. The fourth-order valence-electron chi connectivity index (χ4n) is 2.21. The zero-order valence-electron chi connectivity index (χ0n) is 13.4. The molecule has 0 aliphatic heterocycles. The third kappa shape index (κ3) is 3.84. The third-order valence-electron chi connectivity index (χ3n) is 3.54. The second-order valence-corrected chi connectivity index (χ2v) is 6.86. The fraction of sp³-hybridized carbons (Fsp3) is 0.111. The lowest BCUT2D eigenvalue weighted by atomic mass is 10.2. The Kier molecular flexibility index (Phi) is 5.20. The summed E-state index contributed by atoms with van der Waals surface area (Å²) in [7, 11) is 0. The van der Waals surface area contributed by atoms with Crippen LogP contribution in [0.3, 0.4) is 0 Å². The molecule has 8 heteroatoms. The van der Waals surface area contributed by atoms with Gasteiger partial charge in [0.15, 0.2) is 6.10 Å². The standard InChI is InChI=1S/C18H12ClF2NO3S/c1-9(17(23)22-12-5-2-10(20)3-6-12)25-18(24)16-15(19)13-7-4-11(21)8-14(13)26-16/h2-9H,1H3,(H,22,23)/t9-/m1/s1. The number of anilines is 1. The summed E-state index contributed by atoms with van der Waals surface area (Å²) in [5.74, 6) is -2.23. The number of hydrogen-bond donors (Lipinski definition) is 1. The highest BCUT2D eigenvalue weighted by Gasteiger charge is 2.24. The fourth-order valence-corrected chi connectivity index (χ4v) is 3.63. The lowest BCUT2D eigenvalue weighted by molar-refractivity contribution is -0.123. The Morgan fingerprint density at radius 1 is 1.12 bits per heavy atom. The number of rotatable bonds is 4. The molecule has 0 unspecified atom stereocenters. The number of carbonyl (C=O) groups excluding carboxylic acids is 2. The number of amides is 1. The van der Waals surface area contributed by atoms with Gasteiger partial charge in [-0.05, 0) is 49.4 Å². The summed E-state index contributed by atoms with van der Waals surface area (Å²) in [4.78, 5) is 24.5.